The molecule has 5 heteroatoms. The van der Waals surface area contributed by atoms with Crippen molar-refractivity contribution in [1.82, 2.24) is 15.5 Å². The Bertz CT molecular complexity index is 375. The number of hydrogen-bond donors (Lipinski definition) is 2. The minimum atomic E-state index is -0.435. The molecule has 1 amide bonds. The summed E-state index contributed by atoms with van der Waals surface area (Å²) in [5, 5.41) is 6.69. The van der Waals surface area contributed by atoms with Crippen molar-refractivity contribution in [2.24, 2.45) is 5.92 Å². The molecule has 2 rings (SSSR count). The summed E-state index contributed by atoms with van der Waals surface area (Å²) in [5.41, 5.74) is -0.530. The highest BCUT2D eigenvalue weighted by molar-refractivity contribution is 5.69. The maximum atomic E-state index is 12.0. The van der Waals surface area contributed by atoms with Gasteiger partial charge < -0.3 is 20.3 Å². The summed E-state index contributed by atoms with van der Waals surface area (Å²) in [6, 6.07) is 0. The molecule has 0 aromatic rings. The second-order valence-corrected chi connectivity index (χ2v) is 8.16. The average Bonchev–Trinajstić information content (AvgIpc) is 2.33. The van der Waals surface area contributed by atoms with Crippen LogP contribution in [0.3, 0.4) is 0 Å². The van der Waals surface area contributed by atoms with Gasteiger partial charge in [-0.3, -0.25) is 0 Å². The number of nitrogens with zero attached hydrogens (tertiary/aromatic N) is 1. The summed E-state index contributed by atoms with van der Waals surface area (Å²) in [5.74, 6) is 0.734. The highest BCUT2D eigenvalue weighted by atomic mass is 16.6. The van der Waals surface area contributed by atoms with E-state index in [9.17, 15) is 4.79 Å². The molecule has 2 fully saturated rings. The Morgan fingerprint density at radius 1 is 1.32 bits per heavy atom. The average molecular weight is 311 g/mol. The predicted octanol–water partition coefficient (Wildman–Crippen LogP) is 2.37. The lowest BCUT2D eigenvalue weighted by Gasteiger charge is -2.43. The summed E-state index contributed by atoms with van der Waals surface area (Å²) in [7, 11) is 2.20. The molecule has 22 heavy (non-hydrogen) atoms. The number of carbonyl (C=O) groups is 1. The maximum absolute atomic E-state index is 12.0. The van der Waals surface area contributed by atoms with Crippen molar-refractivity contribution in [2.75, 3.05) is 33.2 Å². The van der Waals surface area contributed by atoms with E-state index in [4.69, 9.17) is 4.74 Å². The van der Waals surface area contributed by atoms with Crippen LogP contribution in [0.2, 0.25) is 0 Å². The monoisotopic (exact) mass is 311 g/mol. The van der Waals surface area contributed by atoms with Crippen LogP contribution in [-0.4, -0.2) is 55.4 Å². The molecule has 128 valence electrons. The minimum Gasteiger partial charge on any atom is -0.444 e. The van der Waals surface area contributed by atoms with E-state index in [1.54, 1.807) is 0 Å². The molecule has 1 unspecified atom stereocenters. The Hall–Kier alpha value is -0.810. The van der Waals surface area contributed by atoms with Gasteiger partial charge in [0, 0.05) is 13.1 Å². The van der Waals surface area contributed by atoms with Gasteiger partial charge >= 0.3 is 6.09 Å². The fourth-order valence-corrected chi connectivity index (χ4v) is 3.43. The quantitative estimate of drug-likeness (QED) is 0.818. The molecule has 0 aromatic heterocycles. The Balaban J connectivity index is 1.73. The lowest BCUT2D eigenvalue weighted by atomic mass is 9.76. The third kappa shape index (κ3) is 5.43. The molecular formula is C17H33N3O2. The summed E-state index contributed by atoms with van der Waals surface area (Å²) in [6.45, 7) is 10.0. The summed E-state index contributed by atoms with van der Waals surface area (Å²) in [6.07, 6.45) is 5.59. The van der Waals surface area contributed by atoms with Crippen molar-refractivity contribution >= 4 is 6.09 Å². The first-order valence-electron chi connectivity index (χ1n) is 8.68. The Morgan fingerprint density at radius 3 is 2.59 bits per heavy atom. The van der Waals surface area contributed by atoms with Crippen LogP contribution < -0.4 is 10.6 Å². The molecule has 1 aliphatic carbocycles. The molecule has 0 radical (unpaired) electrons. The van der Waals surface area contributed by atoms with Gasteiger partial charge in [0.25, 0.3) is 0 Å². The van der Waals surface area contributed by atoms with Gasteiger partial charge in [0.2, 0.25) is 0 Å². The zero-order valence-corrected chi connectivity index (χ0v) is 14.7. The van der Waals surface area contributed by atoms with Crippen LogP contribution in [0.5, 0.6) is 0 Å². The molecule has 0 aromatic carbocycles. The van der Waals surface area contributed by atoms with Gasteiger partial charge in [-0.25, -0.2) is 4.79 Å². The first kappa shape index (κ1) is 17.5. The zero-order valence-electron chi connectivity index (χ0n) is 14.7. The van der Waals surface area contributed by atoms with Crippen LogP contribution >= 0.6 is 0 Å². The minimum absolute atomic E-state index is 0.0943. The molecular weight excluding hydrogens is 278 g/mol. The SMILES string of the molecule is CN1CCCC(CNCC2(NC(=O)OC(C)(C)C)CCC2)C1. The van der Waals surface area contributed by atoms with Gasteiger partial charge in [-0.2, -0.15) is 0 Å². The van der Waals surface area contributed by atoms with E-state index in [-0.39, 0.29) is 11.6 Å². The van der Waals surface area contributed by atoms with Gasteiger partial charge in [0.1, 0.15) is 5.60 Å². The third-order valence-electron chi connectivity index (χ3n) is 4.70. The zero-order chi connectivity index (χ0) is 16.2. The summed E-state index contributed by atoms with van der Waals surface area (Å²) >= 11 is 0. The van der Waals surface area contributed by atoms with Gasteiger partial charge in [-0.1, -0.05) is 0 Å². The predicted molar refractivity (Wildman–Crippen MR) is 89.0 cm³/mol. The van der Waals surface area contributed by atoms with Gasteiger partial charge in [0.05, 0.1) is 5.54 Å². The van der Waals surface area contributed by atoms with E-state index in [2.05, 4.69) is 22.6 Å². The molecule has 1 atom stereocenters. The van der Waals surface area contributed by atoms with Crippen LogP contribution in [0, 0.1) is 5.92 Å². The Kier molecular flexibility index (Phi) is 5.72. The van der Waals surface area contributed by atoms with Crippen molar-refractivity contribution in [2.45, 2.75) is 64.0 Å². The van der Waals surface area contributed by atoms with E-state index >= 15 is 0 Å². The highest BCUT2D eigenvalue weighted by Crippen LogP contribution is 2.31. The molecule has 1 saturated carbocycles. The second-order valence-electron chi connectivity index (χ2n) is 8.16. The largest absolute Gasteiger partial charge is 0.444 e. The van der Waals surface area contributed by atoms with Gasteiger partial charge in [0.15, 0.2) is 0 Å². The first-order chi connectivity index (χ1) is 10.3. The molecule has 0 bridgehead atoms. The lowest BCUT2D eigenvalue weighted by molar-refractivity contribution is 0.0380. The number of nitrogens with one attached hydrogen (secondary N) is 2. The molecule has 0 spiro atoms. The van der Waals surface area contributed by atoms with Crippen molar-refractivity contribution in [3.63, 3.8) is 0 Å². The number of rotatable bonds is 5. The Morgan fingerprint density at radius 2 is 2.05 bits per heavy atom. The molecule has 2 aliphatic rings. The van der Waals surface area contributed by atoms with E-state index in [1.165, 1.54) is 32.4 Å². The lowest BCUT2D eigenvalue weighted by Crippen LogP contribution is -2.60. The fourth-order valence-electron chi connectivity index (χ4n) is 3.43. The number of ether oxygens (including phenoxy) is 1. The van der Waals surface area contributed by atoms with Crippen molar-refractivity contribution < 1.29 is 9.53 Å². The van der Waals surface area contributed by atoms with E-state index in [0.29, 0.717) is 0 Å². The first-order valence-corrected chi connectivity index (χ1v) is 8.68. The standard InChI is InChI=1S/C17H33N3O2/c1-16(2,3)22-15(21)19-17(8-6-9-17)13-18-11-14-7-5-10-20(4)12-14/h14,18H,5-13H2,1-4H3,(H,19,21). The second kappa shape index (κ2) is 7.18. The molecule has 2 N–H and O–H groups in total. The fraction of sp³-hybridized carbons (Fsp3) is 0.941. The van der Waals surface area contributed by atoms with Crippen LogP contribution in [0.15, 0.2) is 0 Å². The van der Waals surface area contributed by atoms with E-state index in [1.807, 2.05) is 20.8 Å². The number of piperidine rings is 1. The summed E-state index contributed by atoms with van der Waals surface area (Å²) < 4.78 is 5.39. The van der Waals surface area contributed by atoms with E-state index in [0.717, 1.165) is 31.8 Å². The van der Waals surface area contributed by atoms with Crippen molar-refractivity contribution in [1.29, 1.82) is 0 Å². The number of hydrogen-bond acceptors (Lipinski definition) is 4. The number of amides is 1. The van der Waals surface area contributed by atoms with Crippen LogP contribution in [0.25, 0.3) is 0 Å². The van der Waals surface area contributed by atoms with Crippen molar-refractivity contribution in [3.05, 3.63) is 0 Å². The number of carbonyl (C=O) groups excluding carboxylic acids is 1. The highest BCUT2D eigenvalue weighted by Gasteiger charge is 2.39. The van der Waals surface area contributed by atoms with Crippen LogP contribution in [-0.2, 0) is 4.74 Å². The van der Waals surface area contributed by atoms with E-state index < -0.39 is 5.60 Å². The molecule has 5 nitrogen and oxygen atoms in total. The Labute approximate surface area is 135 Å². The molecule has 1 aliphatic heterocycles. The van der Waals surface area contributed by atoms with Gasteiger partial charge in [-0.05, 0) is 78.9 Å². The van der Waals surface area contributed by atoms with Crippen LogP contribution in [0.1, 0.15) is 52.9 Å². The molecule has 1 saturated heterocycles. The van der Waals surface area contributed by atoms with Crippen LogP contribution in [0.4, 0.5) is 4.79 Å². The van der Waals surface area contributed by atoms with Crippen molar-refractivity contribution in [3.8, 4) is 0 Å². The normalized spacial score (nSPS) is 25.4. The topological polar surface area (TPSA) is 53.6 Å². The summed E-state index contributed by atoms with van der Waals surface area (Å²) in [4.78, 5) is 14.4. The van der Waals surface area contributed by atoms with Gasteiger partial charge in [-0.15, -0.1) is 0 Å². The third-order valence-corrected chi connectivity index (χ3v) is 4.70. The molecule has 1 heterocycles. The smallest absolute Gasteiger partial charge is 0.408 e. The maximum Gasteiger partial charge on any atom is 0.408 e. The number of alkyl carbamates (subject to hydrolysis) is 1. The number of likely N-dealkylation sites (tertiary alicyclic amines) is 1.